The van der Waals surface area contributed by atoms with Gasteiger partial charge in [-0.1, -0.05) is 30.3 Å². The van der Waals surface area contributed by atoms with E-state index in [9.17, 15) is 29.1 Å². The van der Waals surface area contributed by atoms with Crippen LogP contribution >= 0.6 is 0 Å². The molecular formula is C30H40O16. The Kier molecular flexibility index (Phi) is 13.8. The molecule has 0 saturated carbocycles. The van der Waals surface area contributed by atoms with Crippen LogP contribution < -0.4 is 0 Å². The molecule has 1 aromatic carbocycles. The van der Waals surface area contributed by atoms with E-state index in [4.69, 9.17) is 47.4 Å². The van der Waals surface area contributed by atoms with Crippen LogP contribution in [0.1, 0.15) is 40.2 Å². The third-order valence-corrected chi connectivity index (χ3v) is 6.81. The molecule has 2 aliphatic rings. The molecular weight excluding hydrogens is 616 g/mol. The highest BCUT2D eigenvalue weighted by Crippen LogP contribution is 2.32. The molecule has 1 aromatic rings. The van der Waals surface area contributed by atoms with Gasteiger partial charge in [0.2, 0.25) is 0 Å². The topological polar surface area (TPSA) is 198 Å². The number of benzene rings is 1. The second-order valence-electron chi connectivity index (χ2n) is 10.5. The molecule has 2 heterocycles. The van der Waals surface area contributed by atoms with Gasteiger partial charge in [-0.2, -0.15) is 0 Å². The molecule has 0 aromatic heterocycles. The Morgan fingerprint density at radius 2 is 1.17 bits per heavy atom. The van der Waals surface area contributed by atoms with Gasteiger partial charge in [0.15, 0.2) is 37.0 Å². The summed E-state index contributed by atoms with van der Waals surface area (Å²) in [6.07, 6.45) is -13.3. The third-order valence-electron chi connectivity index (χ3n) is 6.81. The molecule has 0 spiro atoms. The summed E-state index contributed by atoms with van der Waals surface area (Å²) < 4.78 is 55.9. The van der Waals surface area contributed by atoms with E-state index in [-0.39, 0.29) is 6.61 Å². The molecule has 2 aliphatic heterocycles. The highest BCUT2D eigenvalue weighted by Gasteiger charge is 2.54. The largest absolute Gasteiger partial charge is 0.463 e. The van der Waals surface area contributed by atoms with E-state index in [0.717, 1.165) is 33.3 Å². The van der Waals surface area contributed by atoms with Crippen LogP contribution in [0.2, 0.25) is 0 Å². The first kappa shape index (κ1) is 36.8. The van der Waals surface area contributed by atoms with E-state index in [1.165, 1.54) is 14.0 Å². The molecule has 0 amide bonds. The minimum absolute atomic E-state index is 0.0884. The lowest BCUT2D eigenvalue weighted by atomic mass is 9.97. The fourth-order valence-electron chi connectivity index (χ4n) is 5.00. The van der Waals surface area contributed by atoms with E-state index in [1.807, 2.05) is 30.3 Å². The number of carbonyl (C=O) groups is 5. The maximum Gasteiger partial charge on any atom is 0.303 e. The average molecular weight is 657 g/mol. The number of rotatable bonds is 13. The Morgan fingerprint density at radius 3 is 1.74 bits per heavy atom. The van der Waals surface area contributed by atoms with Crippen molar-refractivity contribution in [3.8, 4) is 0 Å². The number of methoxy groups -OCH3 is 1. The van der Waals surface area contributed by atoms with Crippen molar-refractivity contribution in [2.45, 2.75) is 103 Å². The van der Waals surface area contributed by atoms with Gasteiger partial charge in [-0.3, -0.25) is 24.0 Å². The van der Waals surface area contributed by atoms with Crippen LogP contribution in [-0.4, -0.2) is 117 Å². The quantitative estimate of drug-likeness (QED) is 0.225. The molecule has 10 atom stereocenters. The molecule has 2 fully saturated rings. The Balaban J connectivity index is 1.86. The number of aliphatic hydroxyl groups excluding tert-OH is 1. The van der Waals surface area contributed by atoms with Crippen molar-refractivity contribution >= 4 is 29.8 Å². The van der Waals surface area contributed by atoms with Crippen molar-refractivity contribution in [1.29, 1.82) is 0 Å². The summed E-state index contributed by atoms with van der Waals surface area (Å²) in [6.45, 7) is 4.74. The smallest absolute Gasteiger partial charge is 0.303 e. The SMILES string of the molecule is CO[C@H]1O[C@H](CO[C@@H]2O[C@H](COC(C)=O)[C@H](OC(C)=O)[C@H](OC(C)=O)[C@H]2OC(C)=O)[C@@H](O)[C@H](OC(C)=O)[C@H]1OCc1ccccc1. The average Bonchev–Trinajstić information content (AvgIpc) is 2.98. The standard InChI is InChI=1S/C30H40O16/c1-15(31)38-14-22-24(41-16(2)32)26(43-18(4)34)28(44-19(5)35)30(46-22)40-13-21-23(36)25(42-17(3)33)27(29(37-6)45-21)39-12-20-10-8-7-9-11-20/h7-11,21-30,36H,12-14H2,1-6H3/t21-,22-,23-,24+,25+,26+,27-,28-,29+,30-/m1/s1. The zero-order chi connectivity index (χ0) is 34.0. The molecule has 46 heavy (non-hydrogen) atoms. The fraction of sp³-hybridized carbons (Fsp3) is 0.633. The number of hydrogen-bond acceptors (Lipinski definition) is 16. The van der Waals surface area contributed by atoms with E-state index in [2.05, 4.69) is 0 Å². The molecule has 256 valence electrons. The summed E-state index contributed by atoms with van der Waals surface area (Å²) in [5, 5.41) is 11.3. The van der Waals surface area contributed by atoms with Gasteiger partial charge in [0.05, 0.1) is 13.2 Å². The van der Waals surface area contributed by atoms with Crippen LogP contribution in [0, 0.1) is 0 Å². The summed E-state index contributed by atoms with van der Waals surface area (Å²) >= 11 is 0. The summed E-state index contributed by atoms with van der Waals surface area (Å²) in [5.74, 6) is -3.80. The van der Waals surface area contributed by atoms with Gasteiger partial charge in [-0.25, -0.2) is 0 Å². The third kappa shape index (κ3) is 10.4. The van der Waals surface area contributed by atoms with Gasteiger partial charge in [-0.05, 0) is 5.56 Å². The first-order chi connectivity index (χ1) is 21.8. The molecule has 16 heteroatoms. The Bertz CT molecular complexity index is 1190. The number of carbonyl (C=O) groups excluding carboxylic acids is 5. The Labute approximate surface area is 265 Å². The minimum Gasteiger partial charge on any atom is -0.463 e. The van der Waals surface area contributed by atoms with E-state index in [0.29, 0.717) is 0 Å². The molecule has 0 radical (unpaired) electrons. The number of ether oxygens (including phenoxy) is 10. The van der Waals surface area contributed by atoms with Crippen LogP contribution in [-0.2, 0) is 77.9 Å². The molecule has 3 rings (SSSR count). The highest BCUT2D eigenvalue weighted by atomic mass is 16.8. The maximum absolute atomic E-state index is 12.1. The predicted octanol–water partition coefficient (Wildman–Crippen LogP) is 0.335. The monoisotopic (exact) mass is 656 g/mol. The summed E-state index contributed by atoms with van der Waals surface area (Å²) in [6, 6.07) is 9.14. The van der Waals surface area contributed by atoms with Gasteiger partial charge < -0.3 is 52.5 Å². The second kappa shape index (κ2) is 17.3. The molecule has 2 saturated heterocycles. The van der Waals surface area contributed by atoms with Crippen molar-refractivity contribution in [2.24, 2.45) is 0 Å². The van der Waals surface area contributed by atoms with Crippen LogP contribution in [0.3, 0.4) is 0 Å². The summed E-state index contributed by atoms with van der Waals surface area (Å²) in [7, 11) is 1.34. The fourth-order valence-corrected chi connectivity index (χ4v) is 5.00. The molecule has 0 unspecified atom stereocenters. The number of hydrogen-bond donors (Lipinski definition) is 1. The van der Waals surface area contributed by atoms with Crippen LogP contribution in [0.5, 0.6) is 0 Å². The van der Waals surface area contributed by atoms with Gasteiger partial charge in [0.25, 0.3) is 0 Å². The number of esters is 5. The van der Waals surface area contributed by atoms with E-state index >= 15 is 0 Å². The van der Waals surface area contributed by atoms with Gasteiger partial charge in [0.1, 0.15) is 31.0 Å². The summed E-state index contributed by atoms with van der Waals surface area (Å²) in [5.41, 5.74) is 0.808. The predicted molar refractivity (Wildman–Crippen MR) is 150 cm³/mol. The number of aliphatic hydroxyl groups is 1. The first-order valence-electron chi connectivity index (χ1n) is 14.4. The normalized spacial score (nSPS) is 30.8. The van der Waals surface area contributed by atoms with Gasteiger partial charge in [0, 0.05) is 41.7 Å². The Morgan fingerprint density at radius 1 is 0.630 bits per heavy atom. The Hall–Kier alpha value is -3.67. The van der Waals surface area contributed by atoms with E-state index in [1.54, 1.807) is 0 Å². The first-order valence-corrected chi connectivity index (χ1v) is 14.4. The maximum atomic E-state index is 12.1. The summed E-state index contributed by atoms with van der Waals surface area (Å²) in [4.78, 5) is 59.7. The van der Waals surface area contributed by atoms with Crippen molar-refractivity contribution in [3.63, 3.8) is 0 Å². The molecule has 0 aliphatic carbocycles. The van der Waals surface area contributed by atoms with Gasteiger partial charge in [-0.15, -0.1) is 0 Å². The zero-order valence-corrected chi connectivity index (χ0v) is 26.4. The van der Waals surface area contributed by atoms with E-state index < -0.39 is 104 Å². The zero-order valence-electron chi connectivity index (χ0n) is 26.4. The van der Waals surface area contributed by atoms with Crippen molar-refractivity contribution < 1.29 is 76.4 Å². The lowest BCUT2D eigenvalue weighted by Crippen LogP contribution is -2.64. The van der Waals surface area contributed by atoms with Crippen LogP contribution in [0.15, 0.2) is 30.3 Å². The minimum atomic E-state index is -1.53. The second-order valence-corrected chi connectivity index (χ2v) is 10.5. The molecule has 16 nitrogen and oxygen atoms in total. The molecule has 0 bridgehead atoms. The van der Waals surface area contributed by atoms with Crippen LogP contribution in [0.4, 0.5) is 0 Å². The van der Waals surface area contributed by atoms with Crippen LogP contribution in [0.25, 0.3) is 0 Å². The van der Waals surface area contributed by atoms with Crippen molar-refractivity contribution in [1.82, 2.24) is 0 Å². The van der Waals surface area contributed by atoms with Crippen molar-refractivity contribution in [3.05, 3.63) is 35.9 Å². The van der Waals surface area contributed by atoms with Crippen molar-refractivity contribution in [2.75, 3.05) is 20.3 Å². The van der Waals surface area contributed by atoms with Gasteiger partial charge >= 0.3 is 29.8 Å². The lowest BCUT2D eigenvalue weighted by molar-refractivity contribution is -0.335. The highest BCUT2D eigenvalue weighted by molar-refractivity contribution is 5.69. The lowest BCUT2D eigenvalue weighted by Gasteiger charge is -2.45. The molecule has 1 N–H and O–H groups in total.